The van der Waals surface area contributed by atoms with E-state index >= 15 is 0 Å². The highest BCUT2D eigenvalue weighted by Crippen LogP contribution is 2.30. The first-order valence-corrected chi connectivity index (χ1v) is 22.4. The van der Waals surface area contributed by atoms with Gasteiger partial charge in [0.2, 0.25) is 0 Å². The van der Waals surface area contributed by atoms with E-state index in [1.165, 1.54) is 0 Å². The first kappa shape index (κ1) is 29.4. The molecule has 0 saturated carbocycles. The molecule has 0 amide bonds. The van der Waals surface area contributed by atoms with Gasteiger partial charge < -0.3 is 12.3 Å². The van der Waals surface area contributed by atoms with E-state index < -0.39 is 33.8 Å². The van der Waals surface area contributed by atoms with E-state index in [1.807, 2.05) is 13.0 Å². The molecule has 0 aliphatic heterocycles. The standard InChI is InChI=1S/C15H38O4Si4.C4H8/c1-11-12-15(16)13-14-23(17-20(2,3)4,18-21(5,6)7)19-22(8,9)10;1-3-4-2/h11-14H2,1-10H3;3H,1,4H2,2H3. The van der Waals surface area contributed by atoms with Crippen molar-refractivity contribution in [2.45, 2.75) is 104 Å². The number of carbonyl (C=O) groups is 1. The van der Waals surface area contributed by atoms with E-state index in [-0.39, 0.29) is 0 Å². The Morgan fingerprint density at radius 3 is 1.33 bits per heavy atom. The average molecular weight is 451 g/mol. The molecular weight excluding hydrogens is 405 g/mol. The smallest absolute Gasteiger partial charge is 0.417 e. The predicted octanol–water partition coefficient (Wildman–Crippen LogP) is 6.82. The van der Waals surface area contributed by atoms with Crippen molar-refractivity contribution in [2.24, 2.45) is 0 Å². The zero-order chi connectivity index (χ0) is 21.9. The number of ketones is 1. The van der Waals surface area contributed by atoms with Crippen LogP contribution in [0.5, 0.6) is 0 Å². The zero-order valence-electron chi connectivity index (χ0n) is 20.0. The zero-order valence-corrected chi connectivity index (χ0v) is 24.0. The summed E-state index contributed by atoms with van der Waals surface area (Å²) in [6, 6.07) is 0.630. The van der Waals surface area contributed by atoms with Crippen LogP contribution >= 0.6 is 0 Å². The Hall–Kier alpha value is 0.158. The van der Waals surface area contributed by atoms with Gasteiger partial charge in [-0.1, -0.05) is 19.9 Å². The number of rotatable bonds is 12. The molecule has 0 aliphatic rings. The third-order valence-electron chi connectivity index (χ3n) is 2.91. The lowest BCUT2D eigenvalue weighted by atomic mass is 10.2. The van der Waals surface area contributed by atoms with E-state index in [2.05, 4.69) is 72.4 Å². The van der Waals surface area contributed by atoms with E-state index in [4.69, 9.17) is 12.3 Å². The summed E-state index contributed by atoms with van der Waals surface area (Å²) in [4.78, 5) is 12.1. The highest BCUT2D eigenvalue weighted by Gasteiger charge is 2.49. The molecule has 0 saturated heterocycles. The van der Waals surface area contributed by atoms with Gasteiger partial charge in [-0.15, -0.1) is 6.58 Å². The van der Waals surface area contributed by atoms with Gasteiger partial charge in [0.15, 0.2) is 25.0 Å². The van der Waals surface area contributed by atoms with Crippen molar-refractivity contribution in [1.82, 2.24) is 0 Å². The number of Topliss-reactive ketones (excluding diaryl/α,β-unsaturated/α-hetero) is 1. The summed E-state index contributed by atoms with van der Waals surface area (Å²) in [7, 11) is -8.34. The van der Waals surface area contributed by atoms with Crippen molar-refractivity contribution in [1.29, 1.82) is 0 Å². The first-order chi connectivity index (χ1) is 12.0. The Morgan fingerprint density at radius 2 is 1.11 bits per heavy atom. The van der Waals surface area contributed by atoms with Crippen LogP contribution in [0, 0.1) is 0 Å². The fourth-order valence-electron chi connectivity index (χ4n) is 2.31. The van der Waals surface area contributed by atoms with Crippen LogP contribution in [0.2, 0.25) is 65.0 Å². The molecule has 0 aromatic heterocycles. The van der Waals surface area contributed by atoms with Crippen molar-refractivity contribution in [2.75, 3.05) is 0 Å². The van der Waals surface area contributed by atoms with Gasteiger partial charge in [-0.2, -0.15) is 0 Å². The Balaban J connectivity index is 0. The van der Waals surface area contributed by atoms with Gasteiger partial charge >= 0.3 is 8.80 Å². The summed E-state index contributed by atoms with van der Waals surface area (Å²) in [5.74, 6) is 0.293. The molecule has 27 heavy (non-hydrogen) atoms. The van der Waals surface area contributed by atoms with Gasteiger partial charge in [0.1, 0.15) is 5.78 Å². The third-order valence-corrected chi connectivity index (χ3v) is 14.9. The Bertz CT molecular complexity index is 394. The average Bonchev–Trinajstić information content (AvgIpc) is 2.40. The van der Waals surface area contributed by atoms with Crippen molar-refractivity contribution >= 4 is 39.5 Å². The van der Waals surface area contributed by atoms with Crippen molar-refractivity contribution in [3.8, 4) is 0 Å². The molecule has 162 valence electrons. The maximum absolute atomic E-state index is 12.1. The molecule has 0 spiro atoms. The van der Waals surface area contributed by atoms with Crippen LogP contribution in [-0.4, -0.2) is 39.5 Å². The summed E-state index contributed by atoms with van der Waals surface area (Å²) < 4.78 is 19.7. The number of carbonyl (C=O) groups excluding carboxylic acids is 1. The van der Waals surface area contributed by atoms with Crippen molar-refractivity contribution in [3.63, 3.8) is 0 Å². The Morgan fingerprint density at radius 1 is 0.778 bits per heavy atom. The molecule has 0 atom stereocenters. The van der Waals surface area contributed by atoms with Crippen LogP contribution in [-0.2, 0) is 17.1 Å². The molecule has 0 rings (SSSR count). The summed E-state index contributed by atoms with van der Waals surface area (Å²) >= 11 is 0. The summed E-state index contributed by atoms with van der Waals surface area (Å²) in [6.07, 6.45) is 5.00. The van der Waals surface area contributed by atoms with Gasteiger partial charge in [0, 0.05) is 18.9 Å². The van der Waals surface area contributed by atoms with Gasteiger partial charge in [0.25, 0.3) is 0 Å². The third kappa shape index (κ3) is 19.3. The number of hydrogen-bond donors (Lipinski definition) is 0. The fourth-order valence-corrected chi connectivity index (χ4v) is 16.9. The molecular formula is C19H46O4Si4. The topological polar surface area (TPSA) is 44.8 Å². The van der Waals surface area contributed by atoms with Gasteiger partial charge in [-0.25, -0.2) is 0 Å². The van der Waals surface area contributed by atoms with E-state index in [0.717, 1.165) is 12.8 Å². The summed E-state index contributed by atoms with van der Waals surface area (Å²) in [5.41, 5.74) is 0. The summed E-state index contributed by atoms with van der Waals surface area (Å²) in [6.45, 7) is 27.1. The van der Waals surface area contributed by atoms with Crippen LogP contribution in [0.4, 0.5) is 0 Å². The molecule has 0 N–H and O–H groups in total. The number of allylic oxidation sites excluding steroid dienone is 1. The minimum absolute atomic E-state index is 0.293. The van der Waals surface area contributed by atoms with E-state index in [9.17, 15) is 4.79 Å². The molecule has 8 heteroatoms. The molecule has 0 aromatic rings. The van der Waals surface area contributed by atoms with Crippen molar-refractivity contribution < 1.29 is 17.1 Å². The monoisotopic (exact) mass is 450 g/mol. The van der Waals surface area contributed by atoms with Crippen LogP contribution < -0.4 is 0 Å². The largest absolute Gasteiger partial charge is 0.469 e. The molecule has 0 aliphatic carbocycles. The lowest BCUT2D eigenvalue weighted by Gasteiger charge is -2.42. The van der Waals surface area contributed by atoms with Crippen LogP contribution in [0.15, 0.2) is 12.7 Å². The highest BCUT2D eigenvalue weighted by molar-refractivity contribution is 6.90. The van der Waals surface area contributed by atoms with E-state index in [0.29, 0.717) is 24.7 Å². The Labute approximate surface area is 173 Å². The minimum Gasteiger partial charge on any atom is -0.417 e. The maximum Gasteiger partial charge on any atom is 0.469 e. The molecule has 4 nitrogen and oxygen atoms in total. The van der Waals surface area contributed by atoms with Crippen LogP contribution in [0.25, 0.3) is 0 Å². The predicted molar refractivity (Wildman–Crippen MR) is 129 cm³/mol. The minimum atomic E-state index is -2.83. The fraction of sp³-hybridized carbons (Fsp3) is 0.842. The second-order valence-corrected chi connectivity index (χ2v) is 26.8. The second-order valence-electron chi connectivity index (χ2n) is 9.81. The molecule has 0 fully saturated rings. The normalized spacial score (nSPS) is 13.0. The molecule has 0 bridgehead atoms. The molecule has 0 aromatic carbocycles. The quantitative estimate of drug-likeness (QED) is 0.241. The second kappa shape index (κ2) is 12.7. The first-order valence-electron chi connectivity index (χ1n) is 10.2. The lowest BCUT2D eigenvalue weighted by Crippen LogP contribution is -2.60. The Kier molecular flexibility index (Phi) is 13.8. The SMILES string of the molecule is C=CCC.CCCC(=O)CC[Si](O[Si](C)(C)C)(O[Si](C)(C)C)O[Si](C)(C)C. The van der Waals surface area contributed by atoms with Gasteiger partial charge in [-0.3, -0.25) is 4.79 Å². The molecule has 0 unspecified atom stereocenters. The summed E-state index contributed by atoms with van der Waals surface area (Å²) in [5, 5.41) is 0. The maximum atomic E-state index is 12.1. The molecule has 0 radical (unpaired) electrons. The van der Waals surface area contributed by atoms with Crippen LogP contribution in [0.3, 0.4) is 0 Å². The lowest BCUT2D eigenvalue weighted by molar-refractivity contribution is -0.118. The van der Waals surface area contributed by atoms with Crippen LogP contribution in [0.1, 0.15) is 39.5 Å². The number of hydrogen-bond acceptors (Lipinski definition) is 4. The van der Waals surface area contributed by atoms with E-state index in [1.54, 1.807) is 0 Å². The van der Waals surface area contributed by atoms with Gasteiger partial charge in [0.05, 0.1) is 0 Å². The molecule has 0 heterocycles. The van der Waals surface area contributed by atoms with Crippen molar-refractivity contribution in [3.05, 3.63) is 12.7 Å². The highest BCUT2D eigenvalue weighted by atomic mass is 28.5. The van der Waals surface area contributed by atoms with Gasteiger partial charge in [-0.05, 0) is 71.8 Å².